The highest BCUT2D eigenvalue weighted by Crippen LogP contribution is 2.43. The molecule has 0 aromatic rings. The van der Waals surface area contributed by atoms with E-state index in [-0.39, 0.29) is 11.0 Å². The standard InChI is InChI=1S/C15H27ClO/c1-3-13(12(2)16)11-14-7-10-15(17-14)8-5-4-6-9-15/h12-14H,3-11H2,1-2H3. The van der Waals surface area contributed by atoms with Crippen molar-refractivity contribution in [1.82, 2.24) is 0 Å². The molecule has 1 nitrogen and oxygen atoms in total. The molecule has 2 fully saturated rings. The third-order valence-corrected chi connectivity index (χ3v) is 5.20. The van der Waals surface area contributed by atoms with Crippen LogP contribution in [0.5, 0.6) is 0 Å². The largest absolute Gasteiger partial charge is 0.372 e. The van der Waals surface area contributed by atoms with Crippen LogP contribution in [0, 0.1) is 5.92 Å². The Morgan fingerprint density at radius 2 is 1.94 bits per heavy atom. The molecule has 100 valence electrons. The first kappa shape index (κ1) is 13.7. The van der Waals surface area contributed by atoms with Crippen molar-refractivity contribution in [2.45, 2.75) is 88.7 Å². The molecule has 3 unspecified atom stereocenters. The Balaban J connectivity index is 1.84. The van der Waals surface area contributed by atoms with Crippen LogP contribution < -0.4 is 0 Å². The van der Waals surface area contributed by atoms with Crippen molar-refractivity contribution in [3.63, 3.8) is 0 Å². The fourth-order valence-electron chi connectivity index (χ4n) is 3.64. The van der Waals surface area contributed by atoms with Gasteiger partial charge in [0.05, 0.1) is 11.7 Å². The lowest BCUT2D eigenvalue weighted by Crippen LogP contribution is -2.32. The fraction of sp³-hybridized carbons (Fsp3) is 1.00. The lowest BCUT2D eigenvalue weighted by Gasteiger charge is -2.34. The maximum atomic E-state index is 6.41. The molecule has 2 aliphatic rings. The van der Waals surface area contributed by atoms with Crippen LogP contribution in [0.2, 0.25) is 0 Å². The van der Waals surface area contributed by atoms with Crippen molar-refractivity contribution in [2.75, 3.05) is 0 Å². The minimum Gasteiger partial charge on any atom is -0.372 e. The summed E-state index contributed by atoms with van der Waals surface area (Å²) in [5.74, 6) is 0.625. The topological polar surface area (TPSA) is 9.23 Å². The van der Waals surface area contributed by atoms with E-state index in [0.717, 1.165) is 0 Å². The van der Waals surface area contributed by atoms with E-state index in [1.165, 1.54) is 57.8 Å². The monoisotopic (exact) mass is 258 g/mol. The first-order valence-corrected chi connectivity index (χ1v) is 7.91. The summed E-state index contributed by atoms with van der Waals surface area (Å²) in [5, 5.41) is 0.284. The summed E-state index contributed by atoms with van der Waals surface area (Å²) in [6.07, 6.45) is 12.1. The summed E-state index contributed by atoms with van der Waals surface area (Å²) in [5.41, 5.74) is 0.275. The highest BCUT2D eigenvalue weighted by Gasteiger charge is 2.41. The lowest BCUT2D eigenvalue weighted by molar-refractivity contribution is -0.0699. The van der Waals surface area contributed by atoms with Gasteiger partial charge >= 0.3 is 0 Å². The molecule has 2 rings (SSSR count). The normalized spacial score (nSPS) is 31.6. The minimum atomic E-state index is 0.275. The fourth-order valence-corrected chi connectivity index (χ4v) is 3.92. The van der Waals surface area contributed by atoms with Crippen LogP contribution in [0.15, 0.2) is 0 Å². The van der Waals surface area contributed by atoms with Gasteiger partial charge in [-0.2, -0.15) is 0 Å². The van der Waals surface area contributed by atoms with Gasteiger partial charge in [0.1, 0.15) is 0 Å². The van der Waals surface area contributed by atoms with Crippen molar-refractivity contribution < 1.29 is 4.74 Å². The van der Waals surface area contributed by atoms with Crippen molar-refractivity contribution in [3.8, 4) is 0 Å². The number of ether oxygens (including phenoxy) is 1. The molecule has 3 atom stereocenters. The number of rotatable bonds is 4. The van der Waals surface area contributed by atoms with Crippen LogP contribution in [-0.4, -0.2) is 17.1 Å². The molecule has 0 aromatic heterocycles. The molecule has 1 aliphatic heterocycles. The highest BCUT2D eigenvalue weighted by atomic mass is 35.5. The van der Waals surface area contributed by atoms with E-state index < -0.39 is 0 Å². The van der Waals surface area contributed by atoms with Gasteiger partial charge in [0, 0.05) is 5.38 Å². The Labute approximate surface area is 111 Å². The van der Waals surface area contributed by atoms with Crippen LogP contribution in [0.4, 0.5) is 0 Å². The molecule has 0 amide bonds. The number of alkyl halides is 1. The smallest absolute Gasteiger partial charge is 0.0687 e. The Morgan fingerprint density at radius 3 is 2.53 bits per heavy atom. The van der Waals surface area contributed by atoms with Crippen LogP contribution in [-0.2, 0) is 4.74 Å². The molecule has 0 aromatic carbocycles. The number of hydrogen-bond acceptors (Lipinski definition) is 1. The summed E-state index contributed by atoms with van der Waals surface area (Å²) in [6, 6.07) is 0. The van der Waals surface area contributed by atoms with E-state index in [0.29, 0.717) is 12.0 Å². The van der Waals surface area contributed by atoms with E-state index in [1.807, 2.05) is 0 Å². The van der Waals surface area contributed by atoms with E-state index in [2.05, 4.69) is 13.8 Å². The zero-order valence-electron chi connectivity index (χ0n) is 11.4. The Hall–Kier alpha value is 0.250. The number of halogens is 1. The van der Waals surface area contributed by atoms with Gasteiger partial charge in [0.15, 0.2) is 0 Å². The van der Waals surface area contributed by atoms with Gasteiger partial charge in [0.25, 0.3) is 0 Å². The van der Waals surface area contributed by atoms with Crippen molar-refractivity contribution in [2.24, 2.45) is 5.92 Å². The Morgan fingerprint density at radius 1 is 1.24 bits per heavy atom. The quantitative estimate of drug-likeness (QED) is 0.651. The van der Waals surface area contributed by atoms with Crippen LogP contribution in [0.25, 0.3) is 0 Å². The molecule has 1 spiro atoms. The Kier molecular flexibility index (Phi) is 4.77. The zero-order chi connectivity index (χ0) is 12.3. The van der Waals surface area contributed by atoms with Gasteiger partial charge in [-0.15, -0.1) is 11.6 Å². The second-order valence-electron chi connectivity index (χ2n) is 6.10. The SMILES string of the molecule is CCC(CC1CCC2(CCCCC2)O1)C(C)Cl. The summed E-state index contributed by atoms with van der Waals surface area (Å²) in [6.45, 7) is 4.37. The third-order valence-electron chi connectivity index (χ3n) is 4.84. The molecule has 1 saturated carbocycles. The van der Waals surface area contributed by atoms with Gasteiger partial charge in [-0.3, -0.25) is 0 Å². The molecule has 17 heavy (non-hydrogen) atoms. The van der Waals surface area contributed by atoms with Gasteiger partial charge < -0.3 is 4.74 Å². The van der Waals surface area contributed by atoms with E-state index in [9.17, 15) is 0 Å². The van der Waals surface area contributed by atoms with Crippen molar-refractivity contribution in [1.29, 1.82) is 0 Å². The van der Waals surface area contributed by atoms with Crippen LogP contribution >= 0.6 is 11.6 Å². The summed E-state index contributed by atoms with van der Waals surface area (Å²) < 4.78 is 6.41. The number of hydrogen-bond donors (Lipinski definition) is 0. The first-order valence-electron chi connectivity index (χ1n) is 7.47. The molecule has 0 radical (unpaired) electrons. The molecule has 1 heterocycles. The summed E-state index contributed by atoms with van der Waals surface area (Å²) in [4.78, 5) is 0. The molecule has 1 aliphatic carbocycles. The molecular formula is C15H27ClO. The maximum Gasteiger partial charge on any atom is 0.0687 e. The van der Waals surface area contributed by atoms with Crippen molar-refractivity contribution in [3.05, 3.63) is 0 Å². The van der Waals surface area contributed by atoms with E-state index in [4.69, 9.17) is 16.3 Å². The molecule has 0 N–H and O–H groups in total. The molecular weight excluding hydrogens is 232 g/mol. The third kappa shape index (κ3) is 3.38. The summed E-state index contributed by atoms with van der Waals surface area (Å²) in [7, 11) is 0. The molecule has 2 heteroatoms. The average Bonchev–Trinajstić information content (AvgIpc) is 2.70. The van der Waals surface area contributed by atoms with Gasteiger partial charge in [-0.1, -0.05) is 32.6 Å². The average molecular weight is 259 g/mol. The first-order chi connectivity index (χ1) is 8.15. The van der Waals surface area contributed by atoms with Crippen LogP contribution in [0.3, 0.4) is 0 Å². The van der Waals surface area contributed by atoms with Gasteiger partial charge in [-0.05, 0) is 44.9 Å². The second kappa shape index (κ2) is 5.93. The van der Waals surface area contributed by atoms with E-state index >= 15 is 0 Å². The summed E-state index contributed by atoms with van der Waals surface area (Å²) >= 11 is 6.24. The van der Waals surface area contributed by atoms with Gasteiger partial charge in [-0.25, -0.2) is 0 Å². The predicted molar refractivity (Wildman–Crippen MR) is 73.6 cm³/mol. The van der Waals surface area contributed by atoms with Crippen LogP contribution in [0.1, 0.15) is 71.6 Å². The molecule has 0 bridgehead atoms. The van der Waals surface area contributed by atoms with E-state index in [1.54, 1.807) is 0 Å². The highest BCUT2D eigenvalue weighted by molar-refractivity contribution is 6.20. The van der Waals surface area contributed by atoms with Gasteiger partial charge in [0.2, 0.25) is 0 Å². The predicted octanol–water partition coefficient (Wildman–Crippen LogP) is 4.91. The Bertz CT molecular complexity index is 233. The van der Waals surface area contributed by atoms with Crippen molar-refractivity contribution >= 4 is 11.6 Å². The maximum absolute atomic E-state index is 6.41. The molecule has 1 saturated heterocycles. The zero-order valence-corrected chi connectivity index (χ0v) is 12.1. The second-order valence-corrected chi connectivity index (χ2v) is 6.79. The lowest BCUT2D eigenvalue weighted by atomic mass is 9.83. The minimum absolute atomic E-state index is 0.275.